The zero-order valence-electron chi connectivity index (χ0n) is 12.9. The monoisotopic (exact) mass is 240 g/mol. The van der Waals surface area contributed by atoms with Crippen molar-refractivity contribution in [3.05, 3.63) is 0 Å². The minimum atomic E-state index is 0.290. The fourth-order valence-corrected chi connectivity index (χ4v) is 2.71. The van der Waals surface area contributed by atoms with Crippen LogP contribution in [0.2, 0.25) is 0 Å². The van der Waals surface area contributed by atoms with Gasteiger partial charge in [-0.05, 0) is 39.5 Å². The van der Waals surface area contributed by atoms with Crippen LogP contribution in [0, 0.1) is 5.92 Å². The normalized spacial score (nSPS) is 32.1. The van der Waals surface area contributed by atoms with Gasteiger partial charge in [0.2, 0.25) is 0 Å². The van der Waals surface area contributed by atoms with Crippen LogP contribution in [0.15, 0.2) is 0 Å². The highest BCUT2D eigenvalue weighted by Gasteiger charge is 2.41. The van der Waals surface area contributed by atoms with Crippen molar-refractivity contribution in [3.8, 4) is 0 Å². The summed E-state index contributed by atoms with van der Waals surface area (Å²) in [4.78, 5) is 2.75. The summed E-state index contributed by atoms with van der Waals surface area (Å²) in [6.45, 7) is 18.7. The lowest BCUT2D eigenvalue weighted by molar-refractivity contribution is -0.0162. The standard InChI is InChI=1S/C15H32N2/c1-8-14(5,6)17-11-15(7,9-2)16-10-13(17)12(3)4/h12-13,16H,8-11H2,1-7H3. The average molecular weight is 240 g/mol. The third-order valence-electron chi connectivity index (χ3n) is 4.85. The Morgan fingerprint density at radius 1 is 1.35 bits per heavy atom. The summed E-state index contributed by atoms with van der Waals surface area (Å²) in [5, 5.41) is 3.76. The zero-order chi connectivity index (χ0) is 13.3. The van der Waals surface area contributed by atoms with E-state index in [1.54, 1.807) is 0 Å². The molecular weight excluding hydrogens is 208 g/mol. The lowest BCUT2D eigenvalue weighted by Crippen LogP contribution is -2.68. The average Bonchev–Trinajstić information content (AvgIpc) is 2.28. The number of nitrogens with zero attached hydrogens (tertiary/aromatic N) is 1. The van der Waals surface area contributed by atoms with Gasteiger partial charge in [-0.3, -0.25) is 4.90 Å². The number of piperazine rings is 1. The maximum atomic E-state index is 3.76. The number of nitrogens with one attached hydrogen (secondary N) is 1. The van der Waals surface area contributed by atoms with Crippen LogP contribution in [0.3, 0.4) is 0 Å². The van der Waals surface area contributed by atoms with Crippen molar-refractivity contribution in [2.45, 2.75) is 78.4 Å². The van der Waals surface area contributed by atoms with Gasteiger partial charge in [-0.1, -0.05) is 27.7 Å². The maximum absolute atomic E-state index is 3.76. The van der Waals surface area contributed by atoms with Gasteiger partial charge in [-0.25, -0.2) is 0 Å². The first-order valence-electron chi connectivity index (χ1n) is 7.27. The molecule has 0 aromatic carbocycles. The largest absolute Gasteiger partial charge is 0.309 e. The molecule has 2 atom stereocenters. The van der Waals surface area contributed by atoms with E-state index in [4.69, 9.17) is 0 Å². The topological polar surface area (TPSA) is 15.3 Å². The lowest BCUT2D eigenvalue weighted by atomic mass is 9.84. The van der Waals surface area contributed by atoms with Crippen molar-refractivity contribution in [3.63, 3.8) is 0 Å². The Kier molecular flexibility index (Phi) is 4.65. The molecule has 1 aliphatic heterocycles. The van der Waals surface area contributed by atoms with Crippen molar-refractivity contribution in [2.75, 3.05) is 13.1 Å². The molecule has 0 saturated carbocycles. The highest BCUT2D eigenvalue weighted by molar-refractivity contribution is 5.00. The van der Waals surface area contributed by atoms with E-state index in [0.717, 1.165) is 12.5 Å². The third-order valence-corrected chi connectivity index (χ3v) is 4.85. The fourth-order valence-electron chi connectivity index (χ4n) is 2.71. The van der Waals surface area contributed by atoms with Crippen LogP contribution >= 0.6 is 0 Å². The van der Waals surface area contributed by atoms with Gasteiger partial charge in [0.1, 0.15) is 0 Å². The van der Waals surface area contributed by atoms with E-state index >= 15 is 0 Å². The quantitative estimate of drug-likeness (QED) is 0.811. The van der Waals surface area contributed by atoms with Crippen LogP contribution < -0.4 is 5.32 Å². The van der Waals surface area contributed by atoms with Crippen molar-refractivity contribution in [1.82, 2.24) is 10.2 Å². The summed E-state index contributed by atoms with van der Waals surface area (Å²) in [6, 6.07) is 0.671. The molecule has 2 nitrogen and oxygen atoms in total. The van der Waals surface area contributed by atoms with Crippen molar-refractivity contribution < 1.29 is 0 Å². The first-order valence-corrected chi connectivity index (χ1v) is 7.27. The van der Waals surface area contributed by atoms with Gasteiger partial charge < -0.3 is 5.32 Å². The predicted octanol–water partition coefficient (Wildman–Crippen LogP) is 3.27. The predicted molar refractivity (Wildman–Crippen MR) is 76.4 cm³/mol. The molecule has 0 radical (unpaired) electrons. The van der Waals surface area contributed by atoms with Gasteiger partial charge in [0.05, 0.1) is 0 Å². The summed E-state index contributed by atoms with van der Waals surface area (Å²) in [5.41, 5.74) is 0.602. The molecule has 102 valence electrons. The second-order valence-corrected chi connectivity index (χ2v) is 6.90. The number of rotatable bonds is 4. The molecule has 0 amide bonds. The zero-order valence-corrected chi connectivity index (χ0v) is 12.9. The van der Waals surface area contributed by atoms with E-state index in [2.05, 4.69) is 58.7 Å². The second-order valence-electron chi connectivity index (χ2n) is 6.90. The van der Waals surface area contributed by atoms with Gasteiger partial charge in [0, 0.05) is 30.2 Å². The van der Waals surface area contributed by atoms with Gasteiger partial charge in [0.25, 0.3) is 0 Å². The van der Waals surface area contributed by atoms with E-state index in [0.29, 0.717) is 11.6 Å². The van der Waals surface area contributed by atoms with Gasteiger partial charge in [0.15, 0.2) is 0 Å². The summed E-state index contributed by atoms with van der Waals surface area (Å²) in [5.74, 6) is 0.717. The van der Waals surface area contributed by atoms with E-state index in [9.17, 15) is 0 Å². The van der Waals surface area contributed by atoms with Crippen LogP contribution in [-0.2, 0) is 0 Å². The molecule has 0 aliphatic carbocycles. The molecule has 0 spiro atoms. The fraction of sp³-hybridized carbons (Fsp3) is 1.00. The molecule has 1 heterocycles. The molecule has 1 rings (SSSR count). The smallest absolute Gasteiger partial charge is 0.0278 e. The Balaban J connectivity index is 2.91. The minimum Gasteiger partial charge on any atom is -0.309 e. The van der Waals surface area contributed by atoms with Crippen molar-refractivity contribution in [1.29, 1.82) is 0 Å². The Morgan fingerprint density at radius 3 is 2.35 bits per heavy atom. The molecule has 2 unspecified atom stereocenters. The van der Waals surface area contributed by atoms with E-state index in [1.165, 1.54) is 19.4 Å². The Labute approximate surface area is 108 Å². The molecule has 1 saturated heterocycles. The molecule has 0 aromatic rings. The van der Waals surface area contributed by atoms with Crippen molar-refractivity contribution in [2.24, 2.45) is 5.92 Å². The molecular formula is C15H32N2. The summed E-state index contributed by atoms with van der Waals surface area (Å²) < 4.78 is 0. The molecule has 2 heteroatoms. The van der Waals surface area contributed by atoms with Crippen LogP contribution in [0.1, 0.15) is 61.3 Å². The Morgan fingerprint density at radius 2 is 1.94 bits per heavy atom. The van der Waals surface area contributed by atoms with E-state index < -0.39 is 0 Å². The lowest BCUT2D eigenvalue weighted by Gasteiger charge is -2.53. The third kappa shape index (κ3) is 3.23. The van der Waals surface area contributed by atoms with Crippen LogP contribution in [-0.4, -0.2) is 35.1 Å². The number of hydrogen-bond donors (Lipinski definition) is 1. The minimum absolute atomic E-state index is 0.290. The van der Waals surface area contributed by atoms with Crippen LogP contribution in [0.5, 0.6) is 0 Å². The summed E-state index contributed by atoms with van der Waals surface area (Å²) in [7, 11) is 0. The summed E-state index contributed by atoms with van der Waals surface area (Å²) >= 11 is 0. The van der Waals surface area contributed by atoms with Gasteiger partial charge >= 0.3 is 0 Å². The Bertz CT molecular complexity index is 247. The first kappa shape index (κ1) is 15.0. The second kappa shape index (κ2) is 5.27. The summed E-state index contributed by atoms with van der Waals surface area (Å²) in [6.07, 6.45) is 2.42. The molecule has 1 aliphatic rings. The van der Waals surface area contributed by atoms with Crippen LogP contribution in [0.25, 0.3) is 0 Å². The van der Waals surface area contributed by atoms with E-state index in [1.807, 2.05) is 0 Å². The maximum Gasteiger partial charge on any atom is 0.0278 e. The number of hydrogen-bond acceptors (Lipinski definition) is 2. The molecule has 1 N–H and O–H groups in total. The molecule has 0 aromatic heterocycles. The van der Waals surface area contributed by atoms with Crippen LogP contribution in [0.4, 0.5) is 0 Å². The van der Waals surface area contributed by atoms with Gasteiger partial charge in [-0.2, -0.15) is 0 Å². The first-order chi connectivity index (χ1) is 7.75. The van der Waals surface area contributed by atoms with Crippen molar-refractivity contribution >= 4 is 0 Å². The Hall–Kier alpha value is -0.0800. The molecule has 1 fully saturated rings. The van der Waals surface area contributed by atoms with E-state index in [-0.39, 0.29) is 5.54 Å². The SMILES string of the molecule is CCC1(C)CN(C(C)(C)CC)C(C(C)C)CN1. The highest BCUT2D eigenvalue weighted by Crippen LogP contribution is 2.31. The molecule has 0 bridgehead atoms. The highest BCUT2D eigenvalue weighted by atomic mass is 15.3. The van der Waals surface area contributed by atoms with Gasteiger partial charge in [-0.15, -0.1) is 0 Å². The molecule has 17 heavy (non-hydrogen) atoms.